The van der Waals surface area contributed by atoms with Crippen molar-refractivity contribution in [2.45, 2.75) is 46.6 Å². The van der Waals surface area contributed by atoms with Crippen molar-refractivity contribution in [1.29, 1.82) is 0 Å². The minimum atomic E-state index is 0.222. The summed E-state index contributed by atoms with van der Waals surface area (Å²) in [6.45, 7) is 11.6. The Kier molecular flexibility index (Phi) is 4.55. The quantitative estimate of drug-likeness (QED) is 0.907. The second-order valence-electron chi connectivity index (χ2n) is 5.46. The molecule has 1 unspecified atom stereocenters. The summed E-state index contributed by atoms with van der Waals surface area (Å²) < 4.78 is 1.96. The molecule has 0 aliphatic rings. The monoisotopic (exact) mass is 272 g/mol. The molecule has 0 saturated carbocycles. The molecule has 20 heavy (non-hydrogen) atoms. The molecule has 1 aromatic heterocycles. The maximum atomic E-state index is 4.36. The highest BCUT2D eigenvalue weighted by atomic mass is 15.4. The minimum Gasteiger partial charge on any atom is -0.309 e. The summed E-state index contributed by atoms with van der Waals surface area (Å²) in [4.78, 5) is 0. The molecule has 0 aliphatic carbocycles. The number of nitrogens with zero attached hydrogens (tertiary/aromatic N) is 3. The number of hydrogen-bond acceptors (Lipinski definition) is 3. The summed E-state index contributed by atoms with van der Waals surface area (Å²) >= 11 is 0. The molecular formula is C16H24N4. The van der Waals surface area contributed by atoms with Crippen LogP contribution in [0, 0.1) is 6.92 Å². The smallest absolute Gasteiger partial charge is 0.103 e. The fourth-order valence-electron chi connectivity index (χ4n) is 2.54. The molecule has 0 aliphatic heterocycles. The predicted molar refractivity (Wildman–Crippen MR) is 82.3 cm³/mol. The maximum absolute atomic E-state index is 4.36. The Bertz CT molecular complexity index is 572. The van der Waals surface area contributed by atoms with E-state index in [2.05, 4.69) is 74.5 Å². The molecule has 2 rings (SSSR count). The van der Waals surface area contributed by atoms with Gasteiger partial charge in [0.25, 0.3) is 0 Å². The average Bonchev–Trinajstić information content (AvgIpc) is 2.80. The molecule has 0 amide bonds. The van der Waals surface area contributed by atoms with Crippen molar-refractivity contribution in [3.8, 4) is 5.69 Å². The number of para-hydroxylation sites is 1. The van der Waals surface area contributed by atoms with Gasteiger partial charge in [-0.3, -0.25) is 0 Å². The SMILES string of the molecule is CCNC(C)c1nnn(-c2ccccc2C(C)C)c1C. The van der Waals surface area contributed by atoms with Gasteiger partial charge in [0, 0.05) is 0 Å². The average molecular weight is 272 g/mol. The van der Waals surface area contributed by atoms with Crippen LogP contribution in [-0.2, 0) is 0 Å². The van der Waals surface area contributed by atoms with Gasteiger partial charge in [0.2, 0.25) is 0 Å². The summed E-state index contributed by atoms with van der Waals surface area (Å²) in [7, 11) is 0. The van der Waals surface area contributed by atoms with Gasteiger partial charge in [0.1, 0.15) is 5.69 Å². The highest BCUT2D eigenvalue weighted by Gasteiger charge is 2.17. The molecular weight excluding hydrogens is 248 g/mol. The Morgan fingerprint density at radius 3 is 2.55 bits per heavy atom. The van der Waals surface area contributed by atoms with Crippen LogP contribution in [-0.4, -0.2) is 21.5 Å². The lowest BCUT2D eigenvalue weighted by Crippen LogP contribution is -2.19. The Balaban J connectivity index is 2.45. The lowest BCUT2D eigenvalue weighted by atomic mass is 10.0. The number of aromatic nitrogens is 3. The van der Waals surface area contributed by atoms with Crippen molar-refractivity contribution in [2.24, 2.45) is 0 Å². The predicted octanol–water partition coefficient (Wildman–Crippen LogP) is 3.37. The molecule has 108 valence electrons. The maximum Gasteiger partial charge on any atom is 0.103 e. The lowest BCUT2D eigenvalue weighted by Gasteiger charge is -2.14. The summed E-state index contributed by atoms with van der Waals surface area (Å²) in [5, 5.41) is 12.1. The van der Waals surface area contributed by atoms with Crippen LogP contribution in [0.25, 0.3) is 5.69 Å². The van der Waals surface area contributed by atoms with Gasteiger partial charge in [-0.2, -0.15) is 0 Å². The van der Waals surface area contributed by atoms with Crippen LogP contribution in [0.2, 0.25) is 0 Å². The normalized spacial score (nSPS) is 12.9. The summed E-state index contributed by atoms with van der Waals surface area (Å²) in [6, 6.07) is 8.62. The molecule has 1 N–H and O–H groups in total. The zero-order valence-electron chi connectivity index (χ0n) is 13.0. The van der Waals surface area contributed by atoms with Crippen molar-refractivity contribution < 1.29 is 0 Å². The van der Waals surface area contributed by atoms with Gasteiger partial charge >= 0.3 is 0 Å². The topological polar surface area (TPSA) is 42.7 Å². The molecule has 0 bridgehead atoms. The fourth-order valence-corrected chi connectivity index (χ4v) is 2.54. The van der Waals surface area contributed by atoms with Gasteiger partial charge < -0.3 is 5.32 Å². The van der Waals surface area contributed by atoms with Crippen LogP contribution in [0.3, 0.4) is 0 Å². The highest BCUT2D eigenvalue weighted by molar-refractivity contribution is 5.43. The van der Waals surface area contributed by atoms with Crippen LogP contribution >= 0.6 is 0 Å². The second-order valence-corrected chi connectivity index (χ2v) is 5.46. The molecule has 0 fully saturated rings. The van der Waals surface area contributed by atoms with E-state index in [-0.39, 0.29) is 6.04 Å². The Morgan fingerprint density at radius 2 is 1.90 bits per heavy atom. The van der Waals surface area contributed by atoms with Crippen LogP contribution in [0.15, 0.2) is 24.3 Å². The summed E-state index contributed by atoms with van der Waals surface area (Å²) in [6.07, 6.45) is 0. The third kappa shape index (κ3) is 2.75. The van der Waals surface area contributed by atoms with Crippen LogP contribution in [0.5, 0.6) is 0 Å². The number of benzene rings is 1. The van der Waals surface area contributed by atoms with E-state index in [0.717, 1.165) is 23.6 Å². The van der Waals surface area contributed by atoms with Crippen LogP contribution < -0.4 is 5.32 Å². The zero-order chi connectivity index (χ0) is 14.7. The number of rotatable bonds is 5. The minimum absolute atomic E-state index is 0.222. The van der Waals surface area contributed by atoms with Crippen molar-refractivity contribution in [1.82, 2.24) is 20.3 Å². The zero-order valence-corrected chi connectivity index (χ0v) is 13.0. The molecule has 1 aromatic carbocycles. The molecule has 2 aromatic rings. The van der Waals surface area contributed by atoms with E-state index >= 15 is 0 Å². The first-order chi connectivity index (χ1) is 9.56. The lowest BCUT2D eigenvalue weighted by molar-refractivity contribution is 0.579. The number of nitrogens with one attached hydrogen (secondary N) is 1. The third-order valence-corrected chi connectivity index (χ3v) is 3.64. The van der Waals surface area contributed by atoms with Crippen molar-refractivity contribution in [2.75, 3.05) is 6.54 Å². The fraction of sp³-hybridized carbons (Fsp3) is 0.500. The van der Waals surface area contributed by atoms with Crippen molar-refractivity contribution >= 4 is 0 Å². The highest BCUT2D eigenvalue weighted by Crippen LogP contribution is 2.25. The first-order valence-corrected chi connectivity index (χ1v) is 7.31. The largest absolute Gasteiger partial charge is 0.309 e. The molecule has 4 heteroatoms. The van der Waals surface area contributed by atoms with E-state index in [4.69, 9.17) is 0 Å². The standard InChI is InChI=1S/C16H24N4/c1-6-17-12(4)16-13(5)20(19-18-16)15-10-8-7-9-14(15)11(2)3/h7-12,17H,6H2,1-5H3. The van der Waals surface area contributed by atoms with E-state index in [0.29, 0.717) is 5.92 Å². The summed E-state index contributed by atoms with van der Waals surface area (Å²) in [5.74, 6) is 0.462. The first kappa shape index (κ1) is 14.7. The Morgan fingerprint density at radius 1 is 1.20 bits per heavy atom. The molecule has 0 spiro atoms. The van der Waals surface area contributed by atoms with Gasteiger partial charge in [-0.25, -0.2) is 4.68 Å². The Hall–Kier alpha value is -1.68. The molecule has 4 nitrogen and oxygen atoms in total. The van der Waals surface area contributed by atoms with Gasteiger partial charge in [0.15, 0.2) is 0 Å². The Labute approximate surface area is 121 Å². The number of hydrogen-bond donors (Lipinski definition) is 1. The van der Waals surface area contributed by atoms with Gasteiger partial charge in [-0.05, 0) is 37.9 Å². The van der Waals surface area contributed by atoms with E-state index in [9.17, 15) is 0 Å². The first-order valence-electron chi connectivity index (χ1n) is 7.31. The molecule has 0 saturated heterocycles. The van der Waals surface area contributed by atoms with Crippen LogP contribution in [0.4, 0.5) is 0 Å². The van der Waals surface area contributed by atoms with E-state index in [1.54, 1.807) is 0 Å². The van der Waals surface area contributed by atoms with E-state index in [1.165, 1.54) is 5.56 Å². The molecule has 1 heterocycles. The van der Waals surface area contributed by atoms with Crippen LogP contribution in [0.1, 0.15) is 56.6 Å². The second kappa shape index (κ2) is 6.18. The third-order valence-electron chi connectivity index (χ3n) is 3.64. The van der Waals surface area contributed by atoms with Crippen molar-refractivity contribution in [3.05, 3.63) is 41.2 Å². The van der Waals surface area contributed by atoms with Gasteiger partial charge in [-0.15, -0.1) is 5.10 Å². The molecule has 1 atom stereocenters. The van der Waals surface area contributed by atoms with Gasteiger partial charge in [0.05, 0.1) is 17.4 Å². The van der Waals surface area contributed by atoms with E-state index < -0.39 is 0 Å². The van der Waals surface area contributed by atoms with E-state index in [1.807, 2.05) is 4.68 Å². The van der Waals surface area contributed by atoms with Crippen molar-refractivity contribution in [3.63, 3.8) is 0 Å². The van der Waals surface area contributed by atoms with Gasteiger partial charge in [-0.1, -0.05) is 44.2 Å². The summed E-state index contributed by atoms with van der Waals surface area (Å²) in [5.41, 5.74) is 4.54. The molecule has 0 radical (unpaired) electrons.